The van der Waals surface area contributed by atoms with Crippen LogP contribution in [0.15, 0.2) is 80.9 Å². The molecule has 6 heteroatoms. The van der Waals surface area contributed by atoms with Crippen molar-refractivity contribution in [1.82, 2.24) is 9.99 Å². The Kier molecular flexibility index (Phi) is 5.27. The second-order valence-corrected chi connectivity index (χ2v) is 6.73. The number of carbonyl (C=O) groups is 1. The van der Waals surface area contributed by atoms with Crippen molar-refractivity contribution in [2.24, 2.45) is 5.10 Å². The third kappa shape index (κ3) is 3.83. The number of carbonyl (C=O) groups excluding carboxylic acids is 1. The molecule has 0 fully saturated rings. The van der Waals surface area contributed by atoms with Gasteiger partial charge in [0.25, 0.3) is 5.91 Å². The number of hydrazone groups is 1. The molecule has 0 bridgehead atoms. The largest absolute Gasteiger partial charge is 0.316 e. The van der Waals surface area contributed by atoms with Crippen LogP contribution in [-0.4, -0.2) is 16.7 Å². The maximum absolute atomic E-state index is 12.1. The van der Waals surface area contributed by atoms with Gasteiger partial charge in [0.1, 0.15) is 0 Å². The van der Waals surface area contributed by atoms with Gasteiger partial charge >= 0.3 is 0 Å². The molecule has 1 N–H and O–H groups in total. The molecule has 0 atom stereocenters. The highest BCUT2D eigenvalue weighted by atomic mass is 79.9. The maximum Gasteiger partial charge on any atom is 0.272 e. The van der Waals surface area contributed by atoms with Gasteiger partial charge in [0.15, 0.2) is 0 Å². The Labute approximate surface area is 156 Å². The average Bonchev–Trinajstić information content (AvgIpc) is 3.03. The molecule has 120 valence electrons. The lowest BCUT2D eigenvalue weighted by atomic mass is 10.2. The minimum absolute atomic E-state index is 0.265. The summed E-state index contributed by atoms with van der Waals surface area (Å²) in [4.78, 5) is 12.1. The molecule has 0 saturated heterocycles. The summed E-state index contributed by atoms with van der Waals surface area (Å²) in [7, 11) is 0. The van der Waals surface area contributed by atoms with E-state index >= 15 is 0 Å². The topological polar surface area (TPSA) is 46.4 Å². The Morgan fingerprint density at radius 2 is 1.88 bits per heavy atom. The summed E-state index contributed by atoms with van der Waals surface area (Å²) in [6.07, 6.45) is 3.56. The fraction of sp³-hybridized carbons (Fsp3) is 0. The van der Waals surface area contributed by atoms with Crippen LogP contribution < -0.4 is 5.43 Å². The van der Waals surface area contributed by atoms with E-state index in [4.69, 9.17) is 0 Å². The highest BCUT2D eigenvalue weighted by molar-refractivity contribution is 9.10. The molecule has 3 aromatic rings. The number of nitrogens with one attached hydrogen (secondary N) is 1. The molecular weight excluding hydrogens is 434 g/mol. The van der Waals surface area contributed by atoms with Gasteiger partial charge in [-0.25, -0.2) is 5.43 Å². The van der Waals surface area contributed by atoms with Crippen molar-refractivity contribution < 1.29 is 4.79 Å². The van der Waals surface area contributed by atoms with Crippen molar-refractivity contribution in [3.05, 3.63) is 87.1 Å². The van der Waals surface area contributed by atoms with Crippen LogP contribution in [-0.2, 0) is 0 Å². The van der Waals surface area contributed by atoms with Crippen LogP contribution in [0.5, 0.6) is 0 Å². The van der Waals surface area contributed by atoms with E-state index in [-0.39, 0.29) is 5.91 Å². The van der Waals surface area contributed by atoms with Crippen LogP contribution in [0.2, 0.25) is 0 Å². The molecule has 1 aromatic heterocycles. The summed E-state index contributed by atoms with van der Waals surface area (Å²) in [6.45, 7) is 0. The van der Waals surface area contributed by atoms with Crippen molar-refractivity contribution in [3.63, 3.8) is 0 Å². The van der Waals surface area contributed by atoms with E-state index in [2.05, 4.69) is 42.4 Å². The SMILES string of the molecule is O=C(N/N=C\c1cccn1-c1cccc(Br)c1)c1ccccc1Br. The van der Waals surface area contributed by atoms with E-state index in [1.807, 2.05) is 65.4 Å². The quantitative estimate of drug-likeness (QED) is 0.455. The Bertz CT molecular complexity index is 903. The predicted octanol–water partition coefficient (Wildman–Crippen LogP) is 4.77. The van der Waals surface area contributed by atoms with Gasteiger partial charge in [0, 0.05) is 20.8 Å². The normalized spacial score (nSPS) is 10.9. The first-order valence-corrected chi connectivity index (χ1v) is 8.75. The Morgan fingerprint density at radius 3 is 2.67 bits per heavy atom. The molecule has 3 rings (SSSR count). The third-order valence-corrected chi connectivity index (χ3v) is 4.53. The minimum atomic E-state index is -0.265. The Balaban J connectivity index is 1.76. The molecule has 1 heterocycles. The Morgan fingerprint density at radius 1 is 1.04 bits per heavy atom. The van der Waals surface area contributed by atoms with E-state index in [9.17, 15) is 4.79 Å². The van der Waals surface area contributed by atoms with Gasteiger partial charge in [-0.05, 0) is 58.4 Å². The predicted molar refractivity (Wildman–Crippen MR) is 103 cm³/mol. The molecule has 2 aromatic carbocycles. The highest BCUT2D eigenvalue weighted by Crippen LogP contribution is 2.17. The monoisotopic (exact) mass is 445 g/mol. The number of amides is 1. The van der Waals surface area contributed by atoms with Gasteiger partial charge in [0.05, 0.1) is 17.5 Å². The van der Waals surface area contributed by atoms with E-state index < -0.39 is 0 Å². The zero-order valence-corrected chi connectivity index (χ0v) is 15.7. The van der Waals surface area contributed by atoms with Crippen molar-refractivity contribution >= 4 is 44.0 Å². The fourth-order valence-electron chi connectivity index (χ4n) is 2.22. The number of hydrogen-bond acceptors (Lipinski definition) is 2. The van der Waals surface area contributed by atoms with E-state index in [0.29, 0.717) is 5.56 Å². The van der Waals surface area contributed by atoms with Crippen molar-refractivity contribution in [2.75, 3.05) is 0 Å². The first kappa shape index (κ1) is 16.7. The van der Waals surface area contributed by atoms with Gasteiger partial charge in [-0.3, -0.25) is 4.79 Å². The number of benzene rings is 2. The van der Waals surface area contributed by atoms with Crippen molar-refractivity contribution in [3.8, 4) is 5.69 Å². The highest BCUT2D eigenvalue weighted by Gasteiger charge is 2.07. The fourth-order valence-corrected chi connectivity index (χ4v) is 3.08. The van der Waals surface area contributed by atoms with Gasteiger partial charge < -0.3 is 4.57 Å². The summed E-state index contributed by atoms with van der Waals surface area (Å²) >= 11 is 6.82. The molecule has 0 unspecified atom stereocenters. The van der Waals surface area contributed by atoms with E-state index in [1.54, 1.807) is 12.3 Å². The lowest BCUT2D eigenvalue weighted by molar-refractivity contribution is 0.0954. The minimum Gasteiger partial charge on any atom is -0.316 e. The molecule has 0 aliphatic heterocycles. The first-order chi connectivity index (χ1) is 11.6. The smallest absolute Gasteiger partial charge is 0.272 e. The molecule has 1 amide bonds. The number of halogens is 2. The number of hydrogen-bond donors (Lipinski definition) is 1. The zero-order valence-electron chi connectivity index (χ0n) is 12.5. The molecule has 0 saturated carbocycles. The lowest BCUT2D eigenvalue weighted by Crippen LogP contribution is -2.18. The zero-order chi connectivity index (χ0) is 16.9. The van der Waals surface area contributed by atoms with Crippen LogP contribution in [0.3, 0.4) is 0 Å². The molecule has 0 aliphatic carbocycles. The van der Waals surface area contributed by atoms with Gasteiger partial charge in [-0.2, -0.15) is 5.10 Å². The standard InChI is InChI=1S/C18H13Br2N3O/c19-13-5-3-6-14(11-13)23-10-4-7-15(23)12-21-22-18(24)16-8-1-2-9-17(16)20/h1-12H,(H,22,24)/b21-12-. The van der Waals surface area contributed by atoms with Crippen LogP contribution in [0.1, 0.15) is 16.1 Å². The maximum atomic E-state index is 12.1. The number of rotatable bonds is 4. The third-order valence-electron chi connectivity index (χ3n) is 3.35. The van der Waals surface area contributed by atoms with Crippen LogP contribution in [0.25, 0.3) is 5.69 Å². The number of nitrogens with zero attached hydrogens (tertiary/aromatic N) is 2. The van der Waals surface area contributed by atoms with Gasteiger partial charge in [0.2, 0.25) is 0 Å². The summed E-state index contributed by atoms with van der Waals surface area (Å²) in [5.41, 5.74) is 4.95. The molecule has 0 radical (unpaired) electrons. The second kappa shape index (κ2) is 7.59. The molecule has 24 heavy (non-hydrogen) atoms. The van der Waals surface area contributed by atoms with Crippen molar-refractivity contribution in [2.45, 2.75) is 0 Å². The summed E-state index contributed by atoms with van der Waals surface area (Å²) in [5.74, 6) is -0.265. The number of aromatic nitrogens is 1. The molecule has 4 nitrogen and oxygen atoms in total. The molecule has 0 spiro atoms. The average molecular weight is 447 g/mol. The van der Waals surface area contributed by atoms with E-state index in [0.717, 1.165) is 20.3 Å². The van der Waals surface area contributed by atoms with E-state index in [1.165, 1.54) is 0 Å². The first-order valence-electron chi connectivity index (χ1n) is 7.16. The summed E-state index contributed by atoms with van der Waals surface area (Å²) < 4.78 is 3.72. The summed E-state index contributed by atoms with van der Waals surface area (Å²) in [5, 5.41) is 4.06. The lowest BCUT2D eigenvalue weighted by Gasteiger charge is -2.06. The van der Waals surface area contributed by atoms with Gasteiger partial charge in [-0.1, -0.05) is 34.1 Å². The van der Waals surface area contributed by atoms with Crippen LogP contribution in [0.4, 0.5) is 0 Å². The molecule has 0 aliphatic rings. The molecular formula is C18H13Br2N3O. The van der Waals surface area contributed by atoms with Crippen LogP contribution in [0, 0.1) is 0 Å². The summed E-state index contributed by atoms with van der Waals surface area (Å²) in [6, 6.07) is 19.0. The second-order valence-electron chi connectivity index (χ2n) is 4.96. The van der Waals surface area contributed by atoms with Gasteiger partial charge in [-0.15, -0.1) is 0 Å². The van der Waals surface area contributed by atoms with Crippen molar-refractivity contribution in [1.29, 1.82) is 0 Å². The van der Waals surface area contributed by atoms with Crippen LogP contribution >= 0.6 is 31.9 Å². The Hall–Kier alpha value is -2.18.